The van der Waals surface area contributed by atoms with Gasteiger partial charge in [0.2, 0.25) is 5.91 Å². The molecule has 2 saturated heterocycles. The van der Waals surface area contributed by atoms with Crippen LogP contribution in [0.5, 0.6) is 0 Å². The number of rotatable bonds is 5. The molecule has 222 valence electrons. The molecule has 3 amide bonds. The van der Waals surface area contributed by atoms with Gasteiger partial charge < -0.3 is 9.47 Å². The molecular formula is C30H34F4N2O5. The summed E-state index contributed by atoms with van der Waals surface area (Å²) in [6, 6.07) is 9.74. The van der Waals surface area contributed by atoms with Gasteiger partial charge in [-0.1, -0.05) is 36.4 Å². The summed E-state index contributed by atoms with van der Waals surface area (Å²) < 4.78 is 65.9. The van der Waals surface area contributed by atoms with Crippen molar-refractivity contribution >= 4 is 18.1 Å². The summed E-state index contributed by atoms with van der Waals surface area (Å²) in [6.07, 6.45) is -5.61. The minimum absolute atomic E-state index is 0.0838. The lowest BCUT2D eigenvalue weighted by Gasteiger charge is -2.40. The minimum Gasteiger partial charge on any atom is -0.447 e. The molecule has 2 aliphatic heterocycles. The van der Waals surface area contributed by atoms with Crippen molar-refractivity contribution in [2.75, 3.05) is 6.61 Å². The predicted octanol–water partition coefficient (Wildman–Crippen LogP) is 6.70. The van der Waals surface area contributed by atoms with Crippen LogP contribution in [0.25, 0.3) is 0 Å². The van der Waals surface area contributed by atoms with E-state index in [1.807, 2.05) is 30.3 Å². The molecule has 2 aliphatic rings. The SMILES string of the molecule is CC(C)(C)OC(=O)N1C([C@@H](C(=O)N2C(=O)OC[C@H]2Cc2ccccc2)c2ccc(C(F)(F)F)c(F)c2)CCC1(C)C. The maximum Gasteiger partial charge on any atom is 0.419 e. The molecule has 2 aromatic rings. The maximum absolute atomic E-state index is 14.9. The maximum atomic E-state index is 14.9. The number of nitrogens with zero attached hydrogens (tertiary/aromatic N) is 2. The van der Waals surface area contributed by atoms with E-state index in [9.17, 15) is 31.9 Å². The van der Waals surface area contributed by atoms with Crippen LogP contribution in [0.4, 0.5) is 27.2 Å². The van der Waals surface area contributed by atoms with Crippen LogP contribution in [0.2, 0.25) is 0 Å². The Morgan fingerprint density at radius 2 is 1.76 bits per heavy atom. The number of alkyl halides is 3. The molecule has 0 bridgehead atoms. The Labute approximate surface area is 236 Å². The standard InChI is InChI=1S/C30H34F4N2O5/c1-28(2,3)41-27(39)36-23(13-14-29(36,4)5)24(19-11-12-21(22(31)16-19)30(32,33)34)25(37)35-20(17-40-26(35)38)15-18-9-7-6-8-10-18/h6-12,16,20,23-24H,13-15,17H2,1-5H3/t20-,23?,24+/m1/s1. The van der Waals surface area contributed by atoms with Crippen molar-refractivity contribution in [3.63, 3.8) is 0 Å². The molecular weight excluding hydrogens is 544 g/mol. The number of cyclic esters (lactones) is 1. The lowest BCUT2D eigenvalue weighted by molar-refractivity contribution is -0.140. The number of carbonyl (C=O) groups is 3. The number of hydrogen-bond acceptors (Lipinski definition) is 5. The highest BCUT2D eigenvalue weighted by Gasteiger charge is 2.52. The Balaban J connectivity index is 1.80. The van der Waals surface area contributed by atoms with Crippen molar-refractivity contribution in [3.8, 4) is 0 Å². The molecule has 0 radical (unpaired) electrons. The van der Waals surface area contributed by atoms with Gasteiger partial charge in [-0.25, -0.2) is 18.9 Å². The summed E-state index contributed by atoms with van der Waals surface area (Å²) in [4.78, 5) is 43.0. The summed E-state index contributed by atoms with van der Waals surface area (Å²) in [5.41, 5.74) is -2.41. The smallest absolute Gasteiger partial charge is 0.419 e. The van der Waals surface area contributed by atoms with E-state index in [1.54, 1.807) is 34.6 Å². The van der Waals surface area contributed by atoms with Crippen molar-refractivity contribution in [3.05, 3.63) is 71.0 Å². The fourth-order valence-electron chi connectivity index (χ4n) is 5.61. The number of carbonyl (C=O) groups excluding carboxylic acids is 3. The number of halogens is 4. The largest absolute Gasteiger partial charge is 0.447 e. The number of imide groups is 1. The second kappa shape index (κ2) is 11.0. The Bertz CT molecular complexity index is 1310. The normalized spacial score (nSPS) is 21.5. The van der Waals surface area contributed by atoms with Crippen LogP contribution in [0.15, 0.2) is 48.5 Å². The fraction of sp³-hybridized carbons (Fsp3) is 0.500. The van der Waals surface area contributed by atoms with Crippen molar-refractivity contribution in [2.24, 2.45) is 0 Å². The van der Waals surface area contributed by atoms with E-state index in [4.69, 9.17) is 9.47 Å². The zero-order valence-corrected chi connectivity index (χ0v) is 23.6. The van der Waals surface area contributed by atoms with Crippen LogP contribution < -0.4 is 0 Å². The van der Waals surface area contributed by atoms with Gasteiger partial charge in [0, 0.05) is 5.54 Å². The fourth-order valence-corrected chi connectivity index (χ4v) is 5.61. The van der Waals surface area contributed by atoms with E-state index in [0.717, 1.165) is 16.5 Å². The van der Waals surface area contributed by atoms with E-state index >= 15 is 0 Å². The Morgan fingerprint density at radius 1 is 1.10 bits per heavy atom. The molecule has 0 spiro atoms. The predicted molar refractivity (Wildman–Crippen MR) is 141 cm³/mol. The van der Waals surface area contributed by atoms with Gasteiger partial charge in [-0.05, 0) is 77.1 Å². The van der Waals surface area contributed by atoms with Crippen molar-refractivity contribution in [1.82, 2.24) is 9.80 Å². The van der Waals surface area contributed by atoms with Gasteiger partial charge in [0.15, 0.2) is 0 Å². The molecule has 3 atom stereocenters. The third-order valence-electron chi connectivity index (χ3n) is 7.45. The van der Waals surface area contributed by atoms with Gasteiger partial charge in [-0.2, -0.15) is 13.2 Å². The van der Waals surface area contributed by atoms with Crippen LogP contribution in [-0.2, 0) is 26.9 Å². The van der Waals surface area contributed by atoms with Gasteiger partial charge >= 0.3 is 18.4 Å². The van der Waals surface area contributed by atoms with Crippen LogP contribution >= 0.6 is 0 Å². The molecule has 0 aromatic heterocycles. The van der Waals surface area contributed by atoms with E-state index in [1.165, 1.54) is 4.90 Å². The summed E-state index contributed by atoms with van der Waals surface area (Å²) in [5.74, 6) is -3.72. The molecule has 41 heavy (non-hydrogen) atoms. The van der Waals surface area contributed by atoms with E-state index in [2.05, 4.69) is 0 Å². The van der Waals surface area contributed by atoms with Crippen molar-refractivity contribution < 1.29 is 41.4 Å². The van der Waals surface area contributed by atoms with Crippen molar-refractivity contribution in [1.29, 1.82) is 0 Å². The Hall–Kier alpha value is -3.63. The van der Waals surface area contributed by atoms with Gasteiger partial charge in [-0.3, -0.25) is 9.69 Å². The molecule has 0 N–H and O–H groups in total. The third kappa shape index (κ3) is 6.49. The van der Waals surface area contributed by atoms with E-state index < -0.39 is 64.8 Å². The van der Waals surface area contributed by atoms with Gasteiger partial charge in [0.25, 0.3) is 0 Å². The molecule has 2 heterocycles. The summed E-state index contributed by atoms with van der Waals surface area (Å²) >= 11 is 0. The van der Waals surface area contributed by atoms with Crippen LogP contribution in [-0.4, -0.2) is 57.7 Å². The summed E-state index contributed by atoms with van der Waals surface area (Å²) in [5, 5.41) is 0. The lowest BCUT2D eigenvalue weighted by Crippen LogP contribution is -2.54. The summed E-state index contributed by atoms with van der Waals surface area (Å²) in [7, 11) is 0. The van der Waals surface area contributed by atoms with Crippen molar-refractivity contribution in [2.45, 2.75) is 89.2 Å². The Kier molecular flexibility index (Phi) is 8.12. The number of ether oxygens (including phenoxy) is 2. The molecule has 0 saturated carbocycles. The highest BCUT2D eigenvalue weighted by Crippen LogP contribution is 2.43. The Morgan fingerprint density at radius 3 is 2.34 bits per heavy atom. The minimum atomic E-state index is -4.94. The molecule has 11 heteroatoms. The van der Waals surface area contributed by atoms with Gasteiger partial charge in [0.1, 0.15) is 18.0 Å². The first kappa shape index (κ1) is 30.3. The highest BCUT2D eigenvalue weighted by molar-refractivity contribution is 5.98. The lowest BCUT2D eigenvalue weighted by atomic mass is 9.87. The first-order valence-electron chi connectivity index (χ1n) is 13.4. The first-order valence-corrected chi connectivity index (χ1v) is 13.4. The molecule has 1 unspecified atom stereocenters. The molecule has 7 nitrogen and oxygen atoms in total. The molecule has 2 fully saturated rings. The molecule has 4 rings (SSSR count). The van der Waals surface area contributed by atoms with Crippen LogP contribution in [0, 0.1) is 5.82 Å². The zero-order valence-electron chi connectivity index (χ0n) is 23.6. The van der Waals surface area contributed by atoms with Gasteiger partial charge in [-0.15, -0.1) is 0 Å². The monoisotopic (exact) mass is 578 g/mol. The van der Waals surface area contributed by atoms with Crippen LogP contribution in [0.3, 0.4) is 0 Å². The average Bonchev–Trinajstić information content (AvgIpc) is 3.36. The summed E-state index contributed by atoms with van der Waals surface area (Å²) in [6.45, 7) is 8.55. The number of likely N-dealkylation sites (tertiary alicyclic amines) is 1. The van der Waals surface area contributed by atoms with E-state index in [-0.39, 0.29) is 25.0 Å². The highest BCUT2D eigenvalue weighted by atomic mass is 19.4. The van der Waals surface area contributed by atoms with Crippen LogP contribution in [0.1, 0.15) is 70.1 Å². The van der Waals surface area contributed by atoms with E-state index in [0.29, 0.717) is 18.6 Å². The van der Waals surface area contributed by atoms with Gasteiger partial charge in [0.05, 0.1) is 23.6 Å². The number of amides is 3. The average molecular weight is 579 g/mol. The quantitative estimate of drug-likeness (QED) is 0.369. The number of benzene rings is 2. The number of hydrogen-bond donors (Lipinski definition) is 0. The first-order chi connectivity index (χ1) is 19.0. The topological polar surface area (TPSA) is 76.2 Å². The zero-order chi connectivity index (χ0) is 30.3. The third-order valence-corrected chi connectivity index (χ3v) is 7.45. The second-order valence-corrected chi connectivity index (χ2v) is 12.1. The second-order valence-electron chi connectivity index (χ2n) is 12.1. The molecule has 2 aromatic carbocycles. The molecule has 0 aliphatic carbocycles.